The number of benzene rings is 1. The minimum Gasteiger partial charge on any atom is -0.481 e. The number of hydrogen-bond donors (Lipinski definition) is 1. The van der Waals surface area contributed by atoms with Crippen LogP contribution in [0.2, 0.25) is 0 Å². The van der Waals surface area contributed by atoms with Gasteiger partial charge in [-0.25, -0.2) is 0 Å². The molecular weight excluding hydrogens is 266 g/mol. The van der Waals surface area contributed by atoms with E-state index in [1.54, 1.807) is 18.2 Å². The maximum Gasteiger partial charge on any atom is 0.303 e. The van der Waals surface area contributed by atoms with Gasteiger partial charge in [-0.1, -0.05) is 12.1 Å². The number of nitro groups is 1. The van der Waals surface area contributed by atoms with E-state index in [0.717, 1.165) is 0 Å². The second-order valence-electron chi connectivity index (χ2n) is 2.90. The quantitative estimate of drug-likeness (QED) is 0.675. The molecule has 0 heterocycles. The molecule has 0 saturated carbocycles. The Labute approximate surface area is 94.0 Å². The van der Waals surface area contributed by atoms with Gasteiger partial charge in [-0.3, -0.25) is 14.9 Å². The lowest BCUT2D eigenvalue weighted by atomic mass is 10.1. The first kappa shape index (κ1) is 11.6. The van der Waals surface area contributed by atoms with Gasteiger partial charge in [0.1, 0.15) is 0 Å². The number of carboxylic acid groups (broad SMARTS) is 1. The molecule has 1 aromatic carbocycles. The minimum atomic E-state index is -0.968. The van der Waals surface area contributed by atoms with Crippen molar-refractivity contribution in [2.24, 2.45) is 0 Å². The minimum absolute atomic E-state index is 0.0567. The van der Waals surface area contributed by atoms with Crippen molar-refractivity contribution in [3.63, 3.8) is 0 Å². The molecule has 1 N–H and O–H groups in total. The smallest absolute Gasteiger partial charge is 0.303 e. The van der Waals surface area contributed by atoms with Gasteiger partial charge in [0.25, 0.3) is 5.69 Å². The van der Waals surface area contributed by atoms with E-state index in [4.69, 9.17) is 5.11 Å². The van der Waals surface area contributed by atoms with Gasteiger partial charge in [0, 0.05) is 12.0 Å². The number of nitro benzene ring substituents is 1. The summed E-state index contributed by atoms with van der Waals surface area (Å²) in [5.74, 6) is -0.968. The van der Waals surface area contributed by atoms with Crippen molar-refractivity contribution < 1.29 is 14.8 Å². The second-order valence-corrected chi connectivity index (χ2v) is 3.75. The van der Waals surface area contributed by atoms with Crippen molar-refractivity contribution >= 4 is 27.6 Å². The van der Waals surface area contributed by atoms with Crippen LogP contribution in [0.3, 0.4) is 0 Å². The molecule has 0 bridgehead atoms. The largest absolute Gasteiger partial charge is 0.481 e. The summed E-state index contributed by atoms with van der Waals surface area (Å²) in [6, 6.07) is 4.77. The standard InChI is InChI=1S/C9H8BrNO4/c10-7-3-1-2-6(4-5-8(12)13)9(7)11(14)15/h1-3H,4-5H2,(H,12,13). The predicted molar refractivity (Wildman–Crippen MR) is 56.8 cm³/mol. The highest BCUT2D eigenvalue weighted by Gasteiger charge is 2.17. The third-order valence-corrected chi connectivity index (χ3v) is 2.50. The fraction of sp³-hybridized carbons (Fsp3) is 0.222. The summed E-state index contributed by atoms with van der Waals surface area (Å²) in [5, 5.41) is 19.2. The van der Waals surface area contributed by atoms with E-state index >= 15 is 0 Å². The molecule has 0 aromatic heterocycles. The SMILES string of the molecule is O=C(O)CCc1cccc(Br)c1[N+](=O)[O-]. The van der Waals surface area contributed by atoms with Crippen molar-refractivity contribution in [3.8, 4) is 0 Å². The average Bonchev–Trinajstić information content (AvgIpc) is 2.13. The molecule has 5 nitrogen and oxygen atoms in total. The zero-order valence-electron chi connectivity index (χ0n) is 7.64. The maximum absolute atomic E-state index is 10.7. The van der Waals surface area contributed by atoms with E-state index in [-0.39, 0.29) is 18.5 Å². The molecule has 80 valence electrons. The van der Waals surface area contributed by atoms with Crippen LogP contribution in [-0.4, -0.2) is 16.0 Å². The van der Waals surface area contributed by atoms with Gasteiger partial charge in [-0.15, -0.1) is 0 Å². The van der Waals surface area contributed by atoms with E-state index in [0.29, 0.717) is 10.0 Å². The Balaban J connectivity index is 3.01. The molecule has 0 atom stereocenters. The van der Waals surface area contributed by atoms with E-state index < -0.39 is 10.9 Å². The van der Waals surface area contributed by atoms with Crippen molar-refractivity contribution in [2.75, 3.05) is 0 Å². The molecule has 0 fully saturated rings. The molecule has 0 unspecified atom stereocenters. The van der Waals surface area contributed by atoms with Crippen LogP contribution in [0, 0.1) is 10.1 Å². The molecule has 0 saturated heterocycles. The fourth-order valence-corrected chi connectivity index (χ4v) is 1.76. The van der Waals surface area contributed by atoms with E-state index in [2.05, 4.69) is 15.9 Å². The van der Waals surface area contributed by atoms with Crippen LogP contribution in [-0.2, 0) is 11.2 Å². The third-order valence-electron chi connectivity index (χ3n) is 1.86. The average molecular weight is 274 g/mol. The Morgan fingerprint density at radius 2 is 2.20 bits per heavy atom. The van der Waals surface area contributed by atoms with E-state index in [1.165, 1.54) is 0 Å². The monoisotopic (exact) mass is 273 g/mol. The van der Waals surface area contributed by atoms with Crippen LogP contribution in [0.25, 0.3) is 0 Å². The number of carboxylic acids is 1. The second kappa shape index (κ2) is 4.88. The van der Waals surface area contributed by atoms with Gasteiger partial charge in [-0.2, -0.15) is 0 Å². The predicted octanol–water partition coefficient (Wildman–Crippen LogP) is 2.37. The Morgan fingerprint density at radius 1 is 1.53 bits per heavy atom. The molecule has 1 rings (SSSR count). The van der Waals surface area contributed by atoms with Crippen LogP contribution in [0.5, 0.6) is 0 Å². The van der Waals surface area contributed by atoms with Crippen molar-refractivity contribution in [2.45, 2.75) is 12.8 Å². The van der Waals surface area contributed by atoms with E-state index in [1.807, 2.05) is 0 Å². The number of aliphatic carboxylic acids is 1. The highest BCUT2D eigenvalue weighted by molar-refractivity contribution is 9.10. The first-order chi connectivity index (χ1) is 7.02. The highest BCUT2D eigenvalue weighted by atomic mass is 79.9. The third kappa shape index (κ3) is 3.02. The van der Waals surface area contributed by atoms with Gasteiger partial charge >= 0.3 is 5.97 Å². The van der Waals surface area contributed by atoms with Crippen molar-refractivity contribution in [1.82, 2.24) is 0 Å². The molecular formula is C9H8BrNO4. The van der Waals surface area contributed by atoms with Crippen molar-refractivity contribution in [1.29, 1.82) is 0 Å². The van der Waals surface area contributed by atoms with Gasteiger partial charge in [-0.05, 0) is 28.4 Å². The van der Waals surface area contributed by atoms with E-state index in [9.17, 15) is 14.9 Å². The number of hydrogen-bond acceptors (Lipinski definition) is 3. The van der Waals surface area contributed by atoms with Crippen molar-refractivity contribution in [3.05, 3.63) is 38.3 Å². The first-order valence-electron chi connectivity index (χ1n) is 4.16. The number of aryl methyl sites for hydroxylation is 1. The van der Waals surface area contributed by atoms with Gasteiger partial charge in [0.2, 0.25) is 0 Å². The lowest BCUT2D eigenvalue weighted by Crippen LogP contribution is -2.01. The Kier molecular flexibility index (Phi) is 3.79. The molecule has 0 spiro atoms. The number of para-hydroxylation sites is 1. The zero-order valence-corrected chi connectivity index (χ0v) is 9.23. The summed E-state index contributed by atoms with van der Waals surface area (Å²) in [6.07, 6.45) is 0.0440. The summed E-state index contributed by atoms with van der Waals surface area (Å²) in [7, 11) is 0. The molecule has 1 aromatic rings. The normalized spacial score (nSPS) is 9.93. The van der Waals surface area contributed by atoms with Crippen LogP contribution >= 0.6 is 15.9 Å². The number of rotatable bonds is 4. The van der Waals surface area contributed by atoms with Crippen LogP contribution in [0.4, 0.5) is 5.69 Å². The molecule has 0 radical (unpaired) electrons. The Bertz CT molecular complexity index is 405. The summed E-state index contributed by atoms with van der Waals surface area (Å²) < 4.78 is 0.371. The molecule has 6 heteroatoms. The topological polar surface area (TPSA) is 80.4 Å². The molecule has 15 heavy (non-hydrogen) atoms. The number of nitrogens with zero attached hydrogens (tertiary/aromatic N) is 1. The maximum atomic E-state index is 10.7. The Morgan fingerprint density at radius 3 is 2.73 bits per heavy atom. The molecule has 0 aliphatic rings. The van der Waals surface area contributed by atoms with Crippen LogP contribution in [0.1, 0.15) is 12.0 Å². The highest BCUT2D eigenvalue weighted by Crippen LogP contribution is 2.29. The lowest BCUT2D eigenvalue weighted by Gasteiger charge is -2.02. The van der Waals surface area contributed by atoms with Gasteiger partial charge in [0.15, 0.2) is 0 Å². The molecule has 0 amide bonds. The molecule has 0 aliphatic carbocycles. The number of halogens is 1. The number of carbonyl (C=O) groups is 1. The first-order valence-corrected chi connectivity index (χ1v) is 4.95. The summed E-state index contributed by atoms with van der Waals surface area (Å²) in [5.41, 5.74) is 0.371. The summed E-state index contributed by atoms with van der Waals surface area (Å²) in [6.45, 7) is 0. The lowest BCUT2D eigenvalue weighted by molar-refractivity contribution is -0.386. The van der Waals surface area contributed by atoms with Crippen LogP contribution in [0.15, 0.2) is 22.7 Å². The zero-order chi connectivity index (χ0) is 11.4. The Hall–Kier alpha value is -1.43. The molecule has 0 aliphatic heterocycles. The summed E-state index contributed by atoms with van der Waals surface area (Å²) in [4.78, 5) is 20.6. The van der Waals surface area contributed by atoms with Crippen LogP contribution < -0.4 is 0 Å². The van der Waals surface area contributed by atoms with Gasteiger partial charge in [0.05, 0.1) is 9.40 Å². The van der Waals surface area contributed by atoms with Gasteiger partial charge < -0.3 is 5.11 Å². The fourth-order valence-electron chi connectivity index (χ4n) is 1.21. The summed E-state index contributed by atoms with van der Waals surface area (Å²) >= 11 is 3.07.